The predicted molar refractivity (Wildman–Crippen MR) is 95.1 cm³/mol. The molecule has 0 bridgehead atoms. The second-order valence-electron chi connectivity index (χ2n) is 5.32. The van der Waals surface area contributed by atoms with E-state index in [9.17, 15) is 13.2 Å². The summed E-state index contributed by atoms with van der Waals surface area (Å²) in [5.41, 5.74) is 0.0632. The fraction of sp³-hybridized carbons (Fsp3) is 0.500. The van der Waals surface area contributed by atoms with Gasteiger partial charge in [0.05, 0.1) is 11.5 Å². The minimum Gasteiger partial charge on any atom is -0.461 e. The van der Waals surface area contributed by atoms with E-state index in [0.717, 1.165) is 24.2 Å². The van der Waals surface area contributed by atoms with Gasteiger partial charge in [0.15, 0.2) is 11.5 Å². The Kier molecular flexibility index (Phi) is 6.74. The Morgan fingerprint density at radius 1 is 1.24 bits per heavy atom. The zero-order chi connectivity index (χ0) is 18.4. The van der Waals surface area contributed by atoms with Crippen LogP contribution in [0, 0.1) is 0 Å². The van der Waals surface area contributed by atoms with Gasteiger partial charge in [-0.2, -0.15) is 4.31 Å². The molecule has 25 heavy (non-hydrogen) atoms. The van der Waals surface area contributed by atoms with Gasteiger partial charge in [-0.15, -0.1) is 11.3 Å². The summed E-state index contributed by atoms with van der Waals surface area (Å²) < 4.78 is 37.3. The minimum atomic E-state index is -3.53. The maximum atomic E-state index is 12.8. The number of aromatic nitrogens is 1. The Morgan fingerprint density at radius 3 is 2.52 bits per heavy atom. The van der Waals surface area contributed by atoms with Gasteiger partial charge in [-0.25, -0.2) is 13.2 Å². The summed E-state index contributed by atoms with van der Waals surface area (Å²) in [6, 6.07) is 4.67. The van der Waals surface area contributed by atoms with Crippen LogP contribution in [0.1, 0.15) is 44.1 Å². The topological polar surface area (TPSA) is 89.7 Å². The van der Waals surface area contributed by atoms with Gasteiger partial charge in [0, 0.05) is 19.2 Å². The van der Waals surface area contributed by atoms with Crippen LogP contribution in [0.2, 0.25) is 0 Å². The van der Waals surface area contributed by atoms with E-state index in [1.54, 1.807) is 19.1 Å². The summed E-state index contributed by atoms with van der Waals surface area (Å²) in [5, 5.41) is 3.67. The average Bonchev–Trinajstić information content (AvgIpc) is 3.24. The molecule has 2 aromatic rings. The lowest BCUT2D eigenvalue weighted by Crippen LogP contribution is -2.32. The van der Waals surface area contributed by atoms with Crippen molar-refractivity contribution in [1.82, 2.24) is 9.46 Å². The second-order valence-corrected chi connectivity index (χ2v) is 8.57. The molecule has 2 rings (SSSR count). The number of carbonyl (C=O) groups is 1. The number of nitrogens with zero attached hydrogens (tertiary/aromatic N) is 2. The van der Waals surface area contributed by atoms with Gasteiger partial charge in [0.25, 0.3) is 10.0 Å². The molecule has 0 atom stereocenters. The lowest BCUT2D eigenvalue weighted by Gasteiger charge is -2.19. The van der Waals surface area contributed by atoms with Gasteiger partial charge in [0.2, 0.25) is 0 Å². The normalized spacial score (nSPS) is 11.8. The second kappa shape index (κ2) is 8.59. The minimum absolute atomic E-state index is 0.0632. The first-order valence-corrected chi connectivity index (χ1v) is 10.4. The van der Waals surface area contributed by atoms with Crippen LogP contribution in [0.3, 0.4) is 0 Å². The maximum absolute atomic E-state index is 12.8. The summed E-state index contributed by atoms with van der Waals surface area (Å²) in [7, 11) is -3.53. The SMILES string of the molecule is CCCN(CCC)S(=O)(=O)c1ccc(-c2cc(C(=O)OCC)no2)s1. The Hall–Kier alpha value is -1.71. The highest BCUT2D eigenvalue weighted by Crippen LogP contribution is 2.33. The lowest BCUT2D eigenvalue weighted by atomic mass is 10.3. The van der Waals surface area contributed by atoms with Gasteiger partial charge in [-0.3, -0.25) is 0 Å². The van der Waals surface area contributed by atoms with Crippen LogP contribution in [0.4, 0.5) is 0 Å². The number of rotatable bonds is 9. The third-order valence-corrected chi connectivity index (χ3v) is 6.82. The first-order chi connectivity index (χ1) is 11.9. The van der Waals surface area contributed by atoms with Crippen LogP contribution in [0.5, 0.6) is 0 Å². The quantitative estimate of drug-likeness (QED) is 0.614. The van der Waals surface area contributed by atoms with Crippen molar-refractivity contribution in [3.63, 3.8) is 0 Å². The molecule has 0 saturated heterocycles. The van der Waals surface area contributed by atoms with Crippen molar-refractivity contribution < 1.29 is 22.5 Å². The molecule has 0 unspecified atom stereocenters. The molecule has 0 aliphatic heterocycles. The summed E-state index contributed by atoms with van der Waals surface area (Å²) in [6.45, 7) is 6.81. The molecule has 0 radical (unpaired) electrons. The molecule has 0 fully saturated rings. The van der Waals surface area contributed by atoms with Crippen LogP contribution in [0.25, 0.3) is 10.6 Å². The van der Waals surface area contributed by atoms with Crippen molar-refractivity contribution in [2.24, 2.45) is 0 Å². The first kappa shape index (κ1) is 19.6. The van der Waals surface area contributed by atoms with Gasteiger partial charge in [0.1, 0.15) is 4.21 Å². The van der Waals surface area contributed by atoms with Gasteiger partial charge in [-0.05, 0) is 31.9 Å². The molecular weight excluding hydrogens is 364 g/mol. The van der Waals surface area contributed by atoms with E-state index in [4.69, 9.17) is 9.26 Å². The van der Waals surface area contributed by atoms with E-state index in [1.165, 1.54) is 10.4 Å². The predicted octanol–water partition coefficient (Wildman–Crippen LogP) is 3.39. The number of ether oxygens (including phenoxy) is 1. The number of hydrogen-bond acceptors (Lipinski definition) is 7. The van der Waals surface area contributed by atoms with E-state index in [2.05, 4.69) is 5.16 Å². The molecule has 2 aromatic heterocycles. The molecule has 0 N–H and O–H groups in total. The molecular formula is C16H22N2O5S2. The van der Waals surface area contributed by atoms with E-state index in [0.29, 0.717) is 23.7 Å². The van der Waals surface area contributed by atoms with Crippen molar-refractivity contribution in [1.29, 1.82) is 0 Å². The smallest absolute Gasteiger partial charge is 0.360 e. The molecule has 138 valence electrons. The average molecular weight is 386 g/mol. The molecule has 0 amide bonds. The largest absolute Gasteiger partial charge is 0.461 e. The standard InChI is InChI=1S/C16H22N2O5S2/c1-4-9-18(10-5-2)25(20,21)15-8-7-14(24-15)13-11-12(17-23-13)16(19)22-6-3/h7-8,11H,4-6,9-10H2,1-3H3. The number of hydrogen-bond donors (Lipinski definition) is 0. The highest BCUT2D eigenvalue weighted by atomic mass is 32.2. The Bertz CT molecular complexity index is 804. The number of carbonyl (C=O) groups excluding carboxylic acids is 1. The molecule has 7 nitrogen and oxygen atoms in total. The zero-order valence-electron chi connectivity index (χ0n) is 14.5. The molecule has 9 heteroatoms. The van der Waals surface area contributed by atoms with Crippen molar-refractivity contribution in [3.8, 4) is 10.6 Å². The summed E-state index contributed by atoms with van der Waals surface area (Å²) in [6.07, 6.45) is 1.50. The summed E-state index contributed by atoms with van der Waals surface area (Å²) >= 11 is 1.10. The molecule has 0 aliphatic carbocycles. The van der Waals surface area contributed by atoms with Crippen molar-refractivity contribution in [2.45, 2.75) is 37.8 Å². The lowest BCUT2D eigenvalue weighted by molar-refractivity contribution is 0.0514. The third kappa shape index (κ3) is 4.47. The van der Waals surface area contributed by atoms with Crippen LogP contribution in [0.15, 0.2) is 26.9 Å². The molecule has 0 aliphatic rings. The number of esters is 1. The Morgan fingerprint density at radius 2 is 1.92 bits per heavy atom. The van der Waals surface area contributed by atoms with Crippen LogP contribution in [-0.2, 0) is 14.8 Å². The third-order valence-electron chi connectivity index (χ3n) is 3.36. The Labute approximate surface area is 151 Å². The Balaban J connectivity index is 2.26. The van der Waals surface area contributed by atoms with Crippen molar-refractivity contribution in [2.75, 3.05) is 19.7 Å². The molecule has 0 saturated carbocycles. The van der Waals surface area contributed by atoms with Crippen molar-refractivity contribution >= 4 is 27.3 Å². The van der Waals surface area contributed by atoms with Gasteiger partial charge >= 0.3 is 5.97 Å². The van der Waals surface area contributed by atoms with Crippen LogP contribution in [-0.4, -0.2) is 43.5 Å². The summed E-state index contributed by atoms with van der Waals surface area (Å²) in [5.74, 6) is -0.231. The van der Waals surface area contributed by atoms with E-state index in [1.807, 2.05) is 13.8 Å². The van der Waals surface area contributed by atoms with E-state index < -0.39 is 16.0 Å². The van der Waals surface area contributed by atoms with Crippen LogP contribution >= 0.6 is 11.3 Å². The van der Waals surface area contributed by atoms with Crippen LogP contribution < -0.4 is 0 Å². The highest BCUT2D eigenvalue weighted by molar-refractivity contribution is 7.91. The number of thiophene rings is 1. The number of sulfonamides is 1. The van der Waals surface area contributed by atoms with E-state index in [-0.39, 0.29) is 16.5 Å². The maximum Gasteiger partial charge on any atom is 0.360 e. The fourth-order valence-corrected chi connectivity index (χ4v) is 5.29. The molecule has 2 heterocycles. The van der Waals surface area contributed by atoms with Gasteiger partial charge in [-0.1, -0.05) is 19.0 Å². The fourth-order valence-electron chi connectivity index (χ4n) is 2.26. The van der Waals surface area contributed by atoms with Gasteiger partial charge < -0.3 is 9.26 Å². The summed E-state index contributed by atoms with van der Waals surface area (Å²) in [4.78, 5) is 12.2. The molecule has 0 spiro atoms. The van der Waals surface area contributed by atoms with E-state index >= 15 is 0 Å². The van der Waals surface area contributed by atoms with Crippen molar-refractivity contribution in [3.05, 3.63) is 23.9 Å². The zero-order valence-corrected chi connectivity index (χ0v) is 16.2. The highest BCUT2D eigenvalue weighted by Gasteiger charge is 2.26. The first-order valence-electron chi connectivity index (χ1n) is 8.18. The molecule has 0 aromatic carbocycles. The monoisotopic (exact) mass is 386 g/mol.